The summed E-state index contributed by atoms with van der Waals surface area (Å²) < 4.78 is 6.70. The molecule has 1 aromatic carbocycles. The summed E-state index contributed by atoms with van der Waals surface area (Å²) in [5, 5.41) is 8.86. The Hall–Kier alpha value is -0.0500. The van der Waals surface area contributed by atoms with Gasteiger partial charge in [-0.25, -0.2) is 4.79 Å². The Kier molecular flexibility index (Phi) is 3.77. The number of carbonyl (C=O) groups is 1. The van der Waals surface area contributed by atoms with Gasteiger partial charge in [0.15, 0.2) is 0 Å². The molecule has 0 bridgehead atoms. The average Bonchev–Trinajstić information content (AvgIpc) is 2.02. The van der Waals surface area contributed by atoms with Crippen molar-refractivity contribution in [1.82, 2.24) is 0 Å². The molecule has 0 aliphatic rings. The molecule has 3 nitrogen and oxygen atoms in total. The predicted molar refractivity (Wildman–Crippen MR) is 65.4 cm³/mol. The van der Waals surface area contributed by atoms with Crippen LogP contribution in [0.15, 0.2) is 12.1 Å². The molecule has 0 heterocycles. The summed E-state index contributed by atoms with van der Waals surface area (Å²) in [6.07, 6.45) is 0. The van der Waals surface area contributed by atoms with Crippen LogP contribution in [-0.4, -0.2) is 18.2 Å². The molecule has 0 amide bonds. The fraction of sp³-hybridized carbons (Fsp3) is 0.125. The second kappa shape index (κ2) is 4.45. The lowest BCUT2D eigenvalue weighted by Crippen LogP contribution is -2.02. The Bertz CT molecular complexity index is 349. The molecule has 1 rings (SSSR count). The van der Waals surface area contributed by atoms with Crippen LogP contribution < -0.4 is 4.74 Å². The molecule has 0 fully saturated rings. The van der Waals surface area contributed by atoms with Crippen LogP contribution in [0.25, 0.3) is 0 Å². The summed E-state index contributed by atoms with van der Waals surface area (Å²) >= 11 is 4.13. The lowest BCUT2D eigenvalue weighted by atomic mass is 10.2. The molecule has 0 atom stereocenters. The van der Waals surface area contributed by atoms with E-state index in [-0.39, 0.29) is 5.56 Å². The van der Waals surface area contributed by atoms with Crippen LogP contribution in [0.1, 0.15) is 10.4 Å². The summed E-state index contributed by atoms with van der Waals surface area (Å²) in [5.74, 6) is -0.540. The number of hydrogen-bond acceptors (Lipinski definition) is 2. The molecule has 5 heteroatoms. The van der Waals surface area contributed by atoms with Gasteiger partial charge in [0.1, 0.15) is 11.3 Å². The quantitative estimate of drug-likeness (QED) is 0.772. The Morgan fingerprint density at radius 2 is 2.08 bits per heavy atom. The second-order valence-corrected chi connectivity index (χ2v) is 4.68. The van der Waals surface area contributed by atoms with E-state index in [0.29, 0.717) is 5.75 Å². The average molecular weight is 404 g/mol. The van der Waals surface area contributed by atoms with Crippen LogP contribution in [-0.2, 0) is 0 Å². The molecule has 1 aromatic rings. The number of benzene rings is 1. The molecular weight excluding hydrogens is 398 g/mol. The third-order valence-electron chi connectivity index (χ3n) is 1.44. The zero-order chi connectivity index (χ0) is 10.0. The maximum Gasteiger partial charge on any atom is 0.339 e. The highest BCUT2D eigenvalue weighted by Gasteiger charge is 2.14. The van der Waals surface area contributed by atoms with E-state index in [0.717, 1.165) is 7.14 Å². The van der Waals surface area contributed by atoms with Crippen LogP contribution in [0.2, 0.25) is 0 Å². The largest absolute Gasteiger partial charge is 0.495 e. The van der Waals surface area contributed by atoms with Gasteiger partial charge in [0.25, 0.3) is 0 Å². The fourth-order valence-electron chi connectivity index (χ4n) is 0.927. The number of aromatic carboxylic acids is 1. The summed E-state index contributed by atoms with van der Waals surface area (Å²) in [5.41, 5.74) is 0.207. The van der Waals surface area contributed by atoms with Crippen molar-refractivity contribution in [3.8, 4) is 5.75 Å². The summed E-state index contributed by atoms with van der Waals surface area (Å²) in [6.45, 7) is 0. The van der Waals surface area contributed by atoms with E-state index in [2.05, 4.69) is 45.2 Å². The Labute approximate surface area is 103 Å². The first kappa shape index (κ1) is 11.0. The van der Waals surface area contributed by atoms with Gasteiger partial charge in [0, 0.05) is 3.57 Å². The van der Waals surface area contributed by atoms with Crippen molar-refractivity contribution >= 4 is 51.2 Å². The molecule has 0 saturated carbocycles. The van der Waals surface area contributed by atoms with Gasteiger partial charge in [-0.1, -0.05) is 0 Å². The van der Waals surface area contributed by atoms with Gasteiger partial charge in [0.05, 0.1) is 10.7 Å². The first-order valence-electron chi connectivity index (χ1n) is 3.32. The lowest BCUT2D eigenvalue weighted by molar-refractivity contribution is 0.0693. The standard InChI is InChI=1S/C8H6I2O3/c1-13-7-5(8(11)12)2-4(9)3-6(7)10/h2-3H,1H3,(H,11,12). The predicted octanol–water partition coefficient (Wildman–Crippen LogP) is 2.60. The summed E-state index contributed by atoms with van der Waals surface area (Å²) in [6, 6.07) is 3.45. The van der Waals surface area contributed by atoms with Gasteiger partial charge >= 0.3 is 5.97 Å². The van der Waals surface area contributed by atoms with E-state index in [1.165, 1.54) is 7.11 Å². The first-order chi connectivity index (χ1) is 6.06. The van der Waals surface area contributed by atoms with Crippen LogP contribution in [0.5, 0.6) is 5.75 Å². The van der Waals surface area contributed by atoms with Gasteiger partial charge in [-0.2, -0.15) is 0 Å². The number of hydrogen-bond donors (Lipinski definition) is 1. The van der Waals surface area contributed by atoms with Crippen LogP contribution >= 0.6 is 45.2 Å². The third-order valence-corrected chi connectivity index (χ3v) is 2.87. The van der Waals surface area contributed by atoms with Crippen LogP contribution in [0.3, 0.4) is 0 Å². The van der Waals surface area contributed by atoms with Crippen molar-refractivity contribution in [2.75, 3.05) is 7.11 Å². The maximum atomic E-state index is 10.8. The van der Waals surface area contributed by atoms with E-state index >= 15 is 0 Å². The minimum absolute atomic E-state index is 0.207. The van der Waals surface area contributed by atoms with Crippen molar-refractivity contribution in [2.45, 2.75) is 0 Å². The molecule has 0 radical (unpaired) electrons. The van der Waals surface area contributed by atoms with Crippen molar-refractivity contribution in [2.24, 2.45) is 0 Å². The molecule has 0 aliphatic carbocycles. The number of carboxylic acids is 1. The summed E-state index contributed by atoms with van der Waals surface area (Å²) in [7, 11) is 1.47. The zero-order valence-electron chi connectivity index (χ0n) is 6.67. The van der Waals surface area contributed by atoms with Crippen molar-refractivity contribution < 1.29 is 14.6 Å². The maximum absolute atomic E-state index is 10.8. The Morgan fingerprint density at radius 3 is 2.54 bits per heavy atom. The Morgan fingerprint density at radius 1 is 1.46 bits per heavy atom. The molecule has 1 N–H and O–H groups in total. The van der Waals surface area contributed by atoms with Gasteiger partial charge in [-0.15, -0.1) is 0 Å². The number of methoxy groups -OCH3 is 1. The van der Waals surface area contributed by atoms with Gasteiger partial charge in [0.2, 0.25) is 0 Å². The number of carboxylic acid groups (broad SMARTS) is 1. The molecule has 70 valence electrons. The van der Waals surface area contributed by atoms with Crippen LogP contribution in [0, 0.1) is 7.14 Å². The normalized spacial score (nSPS) is 9.77. The summed E-state index contributed by atoms with van der Waals surface area (Å²) in [4.78, 5) is 10.8. The molecule has 0 aliphatic heterocycles. The minimum atomic E-state index is -0.965. The SMILES string of the molecule is COc1c(I)cc(I)cc1C(=O)O. The van der Waals surface area contributed by atoms with E-state index in [1.54, 1.807) is 6.07 Å². The van der Waals surface area contributed by atoms with E-state index in [9.17, 15) is 4.79 Å². The monoisotopic (exact) mass is 404 g/mol. The smallest absolute Gasteiger partial charge is 0.339 e. The van der Waals surface area contributed by atoms with Crippen LogP contribution in [0.4, 0.5) is 0 Å². The van der Waals surface area contributed by atoms with Crippen molar-refractivity contribution in [3.05, 3.63) is 24.8 Å². The molecule has 0 saturated heterocycles. The number of rotatable bonds is 2. The highest BCUT2D eigenvalue weighted by molar-refractivity contribution is 14.1. The minimum Gasteiger partial charge on any atom is -0.495 e. The fourth-order valence-corrected chi connectivity index (χ4v) is 2.99. The van der Waals surface area contributed by atoms with Crippen molar-refractivity contribution in [3.63, 3.8) is 0 Å². The highest BCUT2D eigenvalue weighted by atomic mass is 127. The van der Waals surface area contributed by atoms with Crippen molar-refractivity contribution in [1.29, 1.82) is 0 Å². The third kappa shape index (κ3) is 2.46. The molecular formula is C8H6I2O3. The van der Waals surface area contributed by atoms with E-state index in [1.807, 2.05) is 6.07 Å². The van der Waals surface area contributed by atoms with E-state index in [4.69, 9.17) is 9.84 Å². The molecule has 13 heavy (non-hydrogen) atoms. The number of ether oxygens (including phenoxy) is 1. The number of halogens is 2. The van der Waals surface area contributed by atoms with Gasteiger partial charge in [-0.05, 0) is 57.3 Å². The molecule has 0 spiro atoms. The molecule has 0 aromatic heterocycles. The van der Waals surface area contributed by atoms with E-state index < -0.39 is 5.97 Å². The topological polar surface area (TPSA) is 46.5 Å². The molecule has 0 unspecified atom stereocenters. The first-order valence-corrected chi connectivity index (χ1v) is 5.48. The lowest BCUT2D eigenvalue weighted by Gasteiger charge is -2.07. The second-order valence-electron chi connectivity index (χ2n) is 2.27. The Balaban J connectivity index is 3.38. The highest BCUT2D eigenvalue weighted by Crippen LogP contribution is 2.27. The van der Waals surface area contributed by atoms with Gasteiger partial charge in [-0.3, -0.25) is 0 Å². The van der Waals surface area contributed by atoms with Gasteiger partial charge < -0.3 is 9.84 Å². The zero-order valence-corrected chi connectivity index (χ0v) is 11.0.